The maximum Gasteiger partial charge on any atom is 0.243 e. The molecule has 10 heteroatoms. The Morgan fingerprint density at radius 1 is 1.13 bits per heavy atom. The molecule has 9 nitrogen and oxygen atoms in total. The number of rotatable bonds is 8. The number of likely N-dealkylation sites (N-methyl/N-ethyl adjacent to an activating group) is 1. The summed E-state index contributed by atoms with van der Waals surface area (Å²) in [4.78, 5) is 20.7. The molecule has 2 fully saturated rings. The topological polar surface area (TPSA) is 95.2 Å². The molecule has 0 aliphatic carbocycles. The van der Waals surface area contributed by atoms with Crippen molar-refractivity contribution in [1.29, 1.82) is 0 Å². The number of amides is 1. The molecule has 0 bridgehead atoms. The number of aromatic amines is 1. The van der Waals surface area contributed by atoms with E-state index in [2.05, 4.69) is 34.1 Å². The Balaban J connectivity index is 1.46. The van der Waals surface area contributed by atoms with Crippen LogP contribution in [-0.2, 0) is 24.3 Å². The average molecular weight is 541 g/mol. The average Bonchev–Trinajstić information content (AvgIpc) is 3.59. The third-order valence-electron chi connectivity index (χ3n) is 7.46. The maximum atomic E-state index is 13.7. The number of nitrogens with one attached hydrogen (secondary N) is 1. The smallest absolute Gasteiger partial charge is 0.243 e. The quantitative estimate of drug-likeness (QED) is 0.472. The molecule has 204 valence electrons. The molecule has 1 atom stereocenters. The first kappa shape index (κ1) is 26.7. The van der Waals surface area contributed by atoms with Crippen LogP contribution in [0.2, 0.25) is 0 Å². The molecule has 2 saturated heterocycles. The highest BCUT2D eigenvalue weighted by atomic mass is 32.2. The van der Waals surface area contributed by atoms with Crippen molar-refractivity contribution in [2.45, 2.75) is 30.7 Å². The summed E-state index contributed by atoms with van der Waals surface area (Å²) in [5.41, 5.74) is 4.90. The minimum Gasteiger partial charge on any atom is -0.382 e. The van der Waals surface area contributed by atoms with E-state index in [9.17, 15) is 13.2 Å². The van der Waals surface area contributed by atoms with E-state index >= 15 is 0 Å². The molecule has 5 rings (SSSR count). The molecular formula is C28H36N4O5S. The van der Waals surface area contributed by atoms with Crippen LogP contribution >= 0.6 is 0 Å². The molecule has 0 unspecified atom stereocenters. The first-order valence-corrected chi connectivity index (χ1v) is 14.5. The van der Waals surface area contributed by atoms with Gasteiger partial charge in [-0.25, -0.2) is 8.42 Å². The van der Waals surface area contributed by atoms with Crippen molar-refractivity contribution >= 4 is 32.5 Å². The minimum atomic E-state index is -3.92. The van der Waals surface area contributed by atoms with E-state index < -0.39 is 10.0 Å². The zero-order valence-electron chi connectivity index (χ0n) is 22.3. The molecule has 3 heterocycles. The van der Waals surface area contributed by atoms with Gasteiger partial charge in [0.25, 0.3) is 0 Å². The van der Waals surface area contributed by atoms with Crippen molar-refractivity contribution in [2.75, 3.05) is 65.1 Å². The standard InChI is InChI=1S/C28H36N4O5S/c1-20-6-7-21-15-26(29-25(21)14-20)24-16-23(8-9-27(24)31-10-4-5-11-31)38(34,35)30(2)17-28(33)32-12-13-37-19-22(32)18-36-3/h6-9,14-16,22,29H,4-5,10-13,17-19H2,1-3H3/t22-/m0/s1. The predicted molar refractivity (Wildman–Crippen MR) is 148 cm³/mol. The zero-order valence-corrected chi connectivity index (χ0v) is 23.1. The fourth-order valence-corrected chi connectivity index (χ4v) is 6.52. The van der Waals surface area contributed by atoms with Crippen molar-refractivity contribution in [3.05, 3.63) is 48.0 Å². The molecule has 1 amide bonds. The first-order chi connectivity index (χ1) is 18.3. The Morgan fingerprint density at radius 2 is 1.92 bits per heavy atom. The Labute approximate surface area is 224 Å². The van der Waals surface area contributed by atoms with Crippen LogP contribution in [0.4, 0.5) is 5.69 Å². The number of ether oxygens (including phenoxy) is 2. The fourth-order valence-electron chi connectivity index (χ4n) is 5.37. The van der Waals surface area contributed by atoms with Gasteiger partial charge in [-0.3, -0.25) is 4.79 Å². The number of anilines is 1. The number of fused-ring (bicyclic) bond motifs is 1. The third-order valence-corrected chi connectivity index (χ3v) is 9.26. The largest absolute Gasteiger partial charge is 0.382 e. The first-order valence-electron chi connectivity index (χ1n) is 13.1. The monoisotopic (exact) mass is 540 g/mol. The number of carbonyl (C=O) groups excluding carboxylic acids is 1. The van der Waals surface area contributed by atoms with Gasteiger partial charge in [-0.2, -0.15) is 4.31 Å². The van der Waals surface area contributed by atoms with Crippen LogP contribution in [0.25, 0.3) is 22.2 Å². The summed E-state index contributed by atoms with van der Waals surface area (Å²) in [5.74, 6) is -0.263. The molecule has 2 aromatic carbocycles. The lowest BCUT2D eigenvalue weighted by molar-refractivity contribution is -0.142. The number of sulfonamides is 1. The highest BCUT2D eigenvalue weighted by Gasteiger charge is 2.31. The molecule has 0 spiro atoms. The summed E-state index contributed by atoms with van der Waals surface area (Å²) in [6.07, 6.45) is 2.23. The minimum absolute atomic E-state index is 0.163. The molecule has 0 saturated carbocycles. The Bertz CT molecular complexity index is 1410. The van der Waals surface area contributed by atoms with Crippen molar-refractivity contribution < 1.29 is 22.7 Å². The van der Waals surface area contributed by atoms with E-state index in [1.807, 2.05) is 13.0 Å². The third kappa shape index (κ3) is 5.31. The van der Waals surface area contributed by atoms with Crippen LogP contribution in [0.15, 0.2) is 47.4 Å². The van der Waals surface area contributed by atoms with E-state index in [1.165, 1.54) is 7.05 Å². The molecule has 0 radical (unpaired) electrons. The van der Waals surface area contributed by atoms with Gasteiger partial charge in [0.15, 0.2) is 0 Å². The van der Waals surface area contributed by atoms with Crippen molar-refractivity contribution in [1.82, 2.24) is 14.2 Å². The summed E-state index contributed by atoms with van der Waals surface area (Å²) in [6, 6.07) is 13.4. The number of morpholine rings is 1. The molecule has 1 aromatic heterocycles. The number of methoxy groups -OCH3 is 1. The van der Waals surface area contributed by atoms with Gasteiger partial charge in [0.05, 0.1) is 37.3 Å². The number of carbonyl (C=O) groups is 1. The van der Waals surface area contributed by atoms with Crippen LogP contribution in [0.3, 0.4) is 0 Å². The lowest BCUT2D eigenvalue weighted by atomic mass is 10.1. The van der Waals surface area contributed by atoms with Crippen molar-refractivity contribution in [3.63, 3.8) is 0 Å². The lowest BCUT2D eigenvalue weighted by Gasteiger charge is -2.36. The van der Waals surface area contributed by atoms with Gasteiger partial charge >= 0.3 is 0 Å². The number of nitrogens with zero attached hydrogens (tertiary/aromatic N) is 3. The van der Waals surface area contributed by atoms with Gasteiger partial charge < -0.3 is 24.3 Å². The summed E-state index contributed by atoms with van der Waals surface area (Å²) in [7, 11) is -0.887. The van der Waals surface area contributed by atoms with Crippen molar-refractivity contribution in [3.8, 4) is 11.3 Å². The zero-order chi connectivity index (χ0) is 26.9. The van der Waals surface area contributed by atoms with Gasteiger partial charge in [0.2, 0.25) is 15.9 Å². The normalized spacial score (nSPS) is 18.6. The second-order valence-corrected chi connectivity index (χ2v) is 12.2. The highest BCUT2D eigenvalue weighted by molar-refractivity contribution is 7.89. The number of benzene rings is 2. The van der Waals surface area contributed by atoms with Gasteiger partial charge in [-0.1, -0.05) is 12.1 Å². The van der Waals surface area contributed by atoms with Crippen LogP contribution < -0.4 is 4.90 Å². The van der Waals surface area contributed by atoms with E-state index in [0.29, 0.717) is 26.4 Å². The van der Waals surface area contributed by atoms with E-state index in [0.717, 1.165) is 63.6 Å². The van der Waals surface area contributed by atoms with Crippen LogP contribution in [0.1, 0.15) is 18.4 Å². The Hall–Kier alpha value is -2.92. The Morgan fingerprint density at radius 3 is 2.68 bits per heavy atom. The second kappa shape index (κ2) is 11.1. The molecule has 2 aliphatic heterocycles. The van der Waals surface area contributed by atoms with Crippen molar-refractivity contribution in [2.24, 2.45) is 0 Å². The summed E-state index contributed by atoms with van der Waals surface area (Å²) in [5, 5.41) is 1.07. The van der Waals surface area contributed by atoms with Crippen LogP contribution in [0, 0.1) is 6.92 Å². The Kier molecular flexibility index (Phi) is 7.76. The van der Waals surface area contributed by atoms with E-state index in [1.54, 1.807) is 24.1 Å². The van der Waals surface area contributed by atoms with Gasteiger partial charge in [0, 0.05) is 61.6 Å². The molecule has 2 aliphatic rings. The second-order valence-electron chi connectivity index (χ2n) is 10.2. The maximum absolute atomic E-state index is 13.7. The summed E-state index contributed by atoms with van der Waals surface area (Å²) in [6.45, 7) is 5.23. The van der Waals surface area contributed by atoms with E-state index in [-0.39, 0.29) is 23.4 Å². The van der Waals surface area contributed by atoms with Gasteiger partial charge in [-0.15, -0.1) is 0 Å². The highest BCUT2D eigenvalue weighted by Crippen LogP contribution is 2.36. The fraction of sp³-hybridized carbons (Fsp3) is 0.464. The van der Waals surface area contributed by atoms with E-state index in [4.69, 9.17) is 9.47 Å². The van der Waals surface area contributed by atoms with Crippen LogP contribution in [-0.4, -0.2) is 94.7 Å². The summed E-state index contributed by atoms with van der Waals surface area (Å²) < 4.78 is 39.2. The lowest BCUT2D eigenvalue weighted by Crippen LogP contribution is -2.53. The number of hydrogen-bond donors (Lipinski definition) is 1. The number of aromatic nitrogens is 1. The predicted octanol–water partition coefficient (Wildman–Crippen LogP) is 3.24. The molecule has 1 N–H and O–H groups in total. The van der Waals surface area contributed by atoms with Gasteiger partial charge in [-0.05, 0) is 55.7 Å². The molecule has 3 aromatic rings. The molecule has 38 heavy (non-hydrogen) atoms. The number of aryl methyl sites for hydroxylation is 1. The number of hydrogen-bond acceptors (Lipinski definition) is 6. The SMILES string of the molecule is COC[C@H]1COCCN1C(=O)CN(C)S(=O)(=O)c1ccc(N2CCCC2)c(-c2cc3ccc(C)cc3[nH]2)c1. The number of H-pyrrole nitrogens is 1. The summed E-state index contributed by atoms with van der Waals surface area (Å²) >= 11 is 0. The van der Waals surface area contributed by atoms with Crippen LogP contribution in [0.5, 0.6) is 0 Å². The molecular weight excluding hydrogens is 504 g/mol. The van der Waals surface area contributed by atoms with Gasteiger partial charge in [0.1, 0.15) is 0 Å².